The molecule has 1 aliphatic rings. The van der Waals surface area contributed by atoms with Crippen LogP contribution in [0.4, 0.5) is 9.18 Å². The van der Waals surface area contributed by atoms with E-state index in [2.05, 4.69) is 11.0 Å². The Kier molecular flexibility index (Phi) is 7.72. The van der Waals surface area contributed by atoms with Crippen LogP contribution in [0.5, 0.6) is 0 Å². The second-order valence-corrected chi connectivity index (χ2v) is 9.53. The molecule has 0 aromatic heterocycles. The zero-order valence-corrected chi connectivity index (χ0v) is 19.7. The lowest BCUT2D eigenvalue weighted by atomic mass is 9.92. The van der Waals surface area contributed by atoms with E-state index in [1.165, 1.54) is 12.1 Å². The molecule has 0 spiro atoms. The van der Waals surface area contributed by atoms with E-state index in [1.54, 1.807) is 29.2 Å². The van der Waals surface area contributed by atoms with Crippen LogP contribution in [-0.2, 0) is 4.74 Å². The number of aliphatic hydroxyl groups is 1. The number of hydrogen-bond acceptors (Lipinski definition) is 5. The molecule has 0 radical (unpaired) electrons. The first-order valence-electron chi connectivity index (χ1n) is 11.2. The lowest BCUT2D eigenvalue weighted by Crippen LogP contribution is -2.60. The number of ether oxygens (including phenoxy) is 1. The van der Waals surface area contributed by atoms with Gasteiger partial charge in [0.1, 0.15) is 11.4 Å². The molecule has 1 fully saturated rings. The minimum absolute atomic E-state index is 0.0266. The van der Waals surface area contributed by atoms with Crippen molar-refractivity contribution in [3.05, 3.63) is 71.0 Å². The Morgan fingerprint density at radius 1 is 1.15 bits per heavy atom. The average molecular weight is 454 g/mol. The van der Waals surface area contributed by atoms with Gasteiger partial charge in [-0.2, -0.15) is 5.26 Å². The minimum atomic E-state index is -0.598. The largest absolute Gasteiger partial charge is 0.444 e. The number of piperazine rings is 1. The predicted octanol–water partition coefficient (Wildman–Crippen LogP) is 4.48. The highest BCUT2D eigenvalue weighted by atomic mass is 19.1. The summed E-state index contributed by atoms with van der Waals surface area (Å²) in [5.41, 5.74) is 1.83. The van der Waals surface area contributed by atoms with Gasteiger partial charge in [-0.05, 0) is 69.5 Å². The quantitative estimate of drug-likeness (QED) is 0.722. The summed E-state index contributed by atoms with van der Waals surface area (Å²) in [7, 11) is 0. The van der Waals surface area contributed by atoms with E-state index in [-0.39, 0.29) is 36.6 Å². The molecule has 2 aromatic rings. The maximum atomic E-state index is 13.7. The van der Waals surface area contributed by atoms with Crippen molar-refractivity contribution in [3.8, 4) is 6.07 Å². The Labute approximate surface area is 195 Å². The number of rotatable bonds is 5. The highest BCUT2D eigenvalue weighted by Crippen LogP contribution is 2.35. The third kappa shape index (κ3) is 6.10. The fraction of sp³-hybridized carbons (Fsp3) is 0.462. The molecule has 7 heteroatoms. The molecule has 1 unspecified atom stereocenters. The number of nitriles is 1. The fourth-order valence-electron chi connectivity index (χ4n) is 4.32. The molecule has 1 aliphatic heterocycles. The van der Waals surface area contributed by atoms with Gasteiger partial charge >= 0.3 is 6.09 Å². The van der Waals surface area contributed by atoms with Gasteiger partial charge in [0, 0.05) is 31.8 Å². The second-order valence-electron chi connectivity index (χ2n) is 9.53. The molecule has 176 valence electrons. The van der Waals surface area contributed by atoms with Crippen LogP contribution >= 0.6 is 0 Å². The summed E-state index contributed by atoms with van der Waals surface area (Å²) < 4.78 is 19.3. The van der Waals surface area contributed by atoms with Crippen molar-refractivity contribution in [2.24, 2.45) is 0 Å². The topological polar surface area (TPSA) is 76.8 Å². The number of hydrogen-bond donors (Lipinski definition) is 1. The van der Waals surface area contributed by atoms with E-state index < -0.39 is 5.60 Å². The Morgan fingerprint density at radius 2 is 1.73 bits per heavy atom. The van der Waals surface area contributed by atoms with Crippen LogP contribution in [0.1, 0.15) is 56.8 Å². The third-order valence-corrected chi connectivity index (χ3v) is 5.85. The molecule has 1 N–H and O–H groups in total. The summed E-state index contributed by atoms with van der Waals surface area (Å²) >= 11 is 0. The van der Waals surface area contributed by atoms with Crippen LogP contribution < -0.4 is 0 Å². The Hall–Kier alpha value is -2.95. The van der Waals surface area contributed by atoms with Crippen molar-refractivity contribution in [1.29, 1.82) is 5.26 Å². The molecular weight excluding hydrogens is 421 g/mol. The van der Waals surface area contributed by atoms with E-state index in [4.69, 9.17) is 4.74 Å². The normalized spacial score (nSPS) is 20.2. The lowest BCUT2D eigenvalue weighted by molar-refractivity contribution is -0.0236. The number of nitrogens with zero attached hydrogens (tertiary/aromatic N) is 3. The van der Waals surface area contributed by atoms with Gasteiger partial charge in [0.05, 0.1) is 17.7 Å². The Balaban J connectivity index is 1.98. The summed E-state index contributed by atoms with van der Waals surface area (Å²) in [6.45, 7) is 8.43. The highest BCUT2D eigenvalue weighted by molar-refractivity contribution is 5.68. The monoisotopic (exact) mass is 453 g/mol. The van der Waals surface area contributed by atoms with Gasteiger partial charge in [-0.15, -0.1) is 0 Å². The maximum absolute atomic E-state index is 13.7. The summed E-state index contributed by atoms with van der Waals surface area (Å²) in [6.07, 6.45) is 0.106. The van der Waals surface area contributed by atoms with Crippen molar-refractivity contribution in [2.45, 2.75) is 57.8 Å². The number of amides is 1. The number of aliphatic hydroxyl groups excluding tert-OH is 1. The molecule has 33 heavy (non-hydrogen) atoms. The Bertz CT molecular complexity index is 980. The number of benzene rings is 2. The minimum Gasteiger partial charge on any atom is -0.444 e. The summed E-state index contributed by atoms with van der Waals surface area (Å²) in [5.74, 6) is -0.313. The Morgan fingerprint density at radius 3 is 2.24 bits per heavy atom. The molecule has 0 saturated carbocycles. The van der Waals surface area contributed by atoms with Crippen LogP contribution in [0.15, 0.2) is 48.5 Å². The van der Waals surface area contributed by atoms with Crippen LogP contribution in [0.3, 0.4) is 0 Å². The van der Waals surface area contributed by atoms with E-state index in [9.17, 15) is 19.6 Å². The molecule has 0 aliphatic carbocycles. The van der Waals surface area contributed by atoms with Crippen LogP contribution in [0.2, 0.25) is 0 Å². The first kappa shape index (κ1) is 24.7. The maximum Gasteiger partial charge on any atom is 0.410 e. The molecule has 1 saturated heterocycles. The summed E-state index contributed by atoms with van der Waals surface area (Å²) in [5, 5.41) is 19.0. The van der Waals surface area contributed by atoms with Gasteiger partial charge in [0.15, 0.2) is 0 Å². The van der Waals surface area contributed by atoms with E-state index >= 15 is 0 Å². The highest BCUT2D eigenvalue weighted by Gasteiger charge is 2.39. The van der Waals surface area contributed by atoms with Crippen molar-refractivity contribution in [3.63, 3.8) is 0 Å². The fourth-order valence-corrected chi connectivity index (χ4v) is 4.32. The van der Waals surface area contributed by atoms with Gasteiger partial charge in [-0.1, -0.05) is 24.3 Å². The average Bonchev–Trinajstić information content (AvgIpc) is 2.76. The third-order valence-electron chi connectivity index (χ3n) is 5.85. The molecule has 0 bridgehead atoms. The summed E-state index contributed by atoms with van der Waals surface area (Å²) in [4.78, 5) is 16.8. The molecule has 1 amide bonds. The van der Waals surface area contributed by atoms with E-state index in [1.807, 2.05) is 39.8 Å². The SMILES string of the molecule is C[C@H]1CN(C(c2ccc(F)cc2)c2ccc(C#N)cc2)[C@H](CCO)CN1C(=O)OC(C)(C)C. The molecule has 2 aromatic carbocycles. The zero-order chi connectivity index (χ0) is 24.2. The van der Waals surface area contributed by atoms with E-state index in [0.29, 0.717) is 25.1 Å². The van der Waals surface area contributed by atoms with Crippen molar-refractivity contribution in [2.75, 3.05) is 19.7 Å². The van der Waals surface area contributed by atoms with Crippen molar-refractivity contribution >= 4 is 6.09 Å². The van der Waals surface area contributed by atoms with E-state index in [0.717, 1.165) is 11.1 Å². The molecule has 3 atom stereocenters. The molecular formula is C26H32FN3O3. The van der Waals surface area contributed by atoms with Gasteiger partial charge in [-0.25, -0.2) is 9.18 Å². The number of carbonyl (C=O) groups excluding carboxylic acids is 1. The smallest absolute Gasteiger partial charge is 0.410 e. The lowest BCUT2D eigenvalue weighted by Gasteiger charge is -2.48. The first-order chi connectivity index (χ1) is 15.6. The predicted molar refractivity (Wildman–Crippen MR) is 124 cm³/mol. The van der Waals surface area contributed by atoms with Crippen molar-refractivity contribution in [1.82, 2.24) is 9.80 Å². The first-order valence-corrected chi connectivity index (χ1v) is 11.2. The zero-order valence-electron chi connectivity index (χ0n) is 19.7. The second kappa shape index (κ2) is 10.3. The molecule has 3 rings (SSSR count). The van der Waals surface area contributed by atoms with Gasteiger partial charge in [0.25, 0.3) is 0 Å². The van der Waals surface area contributed by atoms with Crippen molar-refractivity contribution < 1.29 is 19.0 Å². The van der Waals surface area contributed by atoms with Crippen LogP contribution in [-0.4, -0.2) is 58.4 Å². The van der Waals surface area contributed by atoms with Crippen LogP contribution in [0.25, 0.3) is 0 Å². The van der Waals surface area contributed by atoms with Gasteiger partial charge in [0.2, 0.25) is 0 Å². The number of halogens is 1. The van der Waals surface area contributed by atoms with Gasteiger partial charge in [-0.3, -0.25) is 4.90 Å². The summed E-state index contributed by atoms with van der Waals surface area (Å²) in [6, 6.07) is 15.4. The number of carbonyl (C=O) groups is 1. The standard InChI is InChI=1S/C26H32FN3O3/c1-18-16-30(23(13-14-31)17-29(18)25(32)33-26(2,3)4)24(21-9-11-22(27)12-10-21)20-7-5-19(15-28)6-8-20/h5-12,18,23-24,31H,13-14,16-17H2,1-4H3/t18-,23+,24?/m0/s1. The van der Waals surface area contributed by atoms with Crippen LogP contribution in [0, 0.1) is 17.1 Å². The molecule has 6 nitrogen and oxygen atoms in total. The molecule has 1 heterocycles. The van der Waals surface area contributed by atoms with Gasteiger partial charge < -0.3 is 14.7 Å².